The monoisotopic (exact) mass is 600 g/mol. The van der Waals surface area contributed by atoms with Crippen LogP contribution in [0, 0.1) is 0 Å². The lowest BCUT2D eigenvalue weighted by molar-refractivity contribution is -0.133. The molecule has 0 aliphatic rings. The normalized spacial score (nSPS) is 11.1. The number of aryl methyl sites for hydroxylation is 1. The van der Waals surface area contributed by atoms with E-state index >= 15 is 0 Å². The number of phenolic OH excluding ortho intramolecular Hbond substituents is 2. The average Bonchev–Trinajstić information content (AvgIpc) is 3.18. The number of fused-ring (bicyclic) bond motifs is 1. The molecule has 1 aromatic heterocycles. The van der Waals surface area contributed by atoms with Crippen LogP contribution in [0.25, 0.3) is 11.0 Å². The molecule has 6 nitrogen and oxygen atoms in total. The predicted molar refractivity (Wildman–Crippen MR) is 139 cm³/mol. The van der Waals surface area contributed by atoms with E-state index in [0.717, 1.165) is 18.4 Å². The number of carbonyl (C=O) groups excluding carboxylic acids is 2. The number of rotatable bonds is 8. The number of esters is 1. The zero-order valence-corrected chi connectivity index (χ0v) is 22.0. The second-order valence-corrected chi connectivity index (χ2v) is 9.78. The van der Waals surface area contributed by atoms with Crippen molar-refractivity contribution < 1.29 is 29.0 Å². The second kappa shape index (κ2) is 10.7. The number of phenols is 2. The smallest absolute Gasteiger partial charge is 0.315 e. The lowest BCUT2D eigenvalue weighted by Gasteiger charge is -2.08. The van der Waals surface area contributed by atoms with Gasteiger partial charge in [-0.25, -0.2) is 0 Å². The molecule has 0 atom stereocenters. The Morgan fingerprint density at radius 2 is 1.69 bits per heavy atom. The average molecular weight is 602 g/mol. The Bertz CT molecular complexity index is 1390. The molecule has 0 fully saturated rings. The van der Waals surface area contributed by atoms with Crippen molar-refractivity contribution in [2.75, 3.05) is 0 Å². The molecule has 0 radical (unpaired) electrons. The third-order valence-corrected chi connectivity index (χ3v) is 6.73. The number of benzene rings is 3. The highest BCUT2D eigenvalue weighted by atomic mass is 79.9. The SMILES string of the molecule is CCCCc1oc2cc(OC(=O)Cc3ccccc3)c(O)cc2c1C(=O)c1cc(Br)c(O)c(Br)c1. The minimum absolute atomic E-state index is 0.00980. The van der Waals surface area contributed by atoms with Crippen molar-refractivity contribution in [2.45, 2.75) is 32.6 Å². The number of furan rings is 1. The predicted octanol–water partition coefficient (Wildman–Crippen LogP) is 7.09. The fraction of sp³-hybridized carbons (Fsp3) is 0.185. The molecule has 0 aliphatic heterocycles. The molecule has 1 heterocycles. The number of carbonyl (C=O) groups is 2. The summed E-state index contributed by atoms with van der Waals surface area (Å²) < 4.78 is 12.2. The van der Waals surface area contributed by atoms with Gasteiger partial charge in [-0.2, -0.15) is 0 Å². The molecule has 2 N–H and O–H groups in total. The van der Waals surface area contributed by atoms with Gasteiger partial charge in [-0.1, -0.05) is 43.7 Å². The van der Waals surface area contributed by atoms with Gasteiger partial charge in [-0.15, -0.1) is 0 Å². The lowest BCUT2D eigenvalue weighted by atomic mass is 9.98. The molecule has 4 rings (SSSR count). The molecular formula is C27H22Br2O6. The van der Waals surface area contributed by atoms with Crippen LogP contribution in [0.3, 0.4) is 0 Å². The van der Waals surface area contributed by atoms with Crippen molar-refractivity contribution in [3.8, 4) is 17.2 Å². The van der Waals surface area contributed by atoms with Crippen LogP contribution in [0.4, 0.5) is 0 Å². The number of hydrogen-bond acceptors (Lipinski definition) is 6. The number of unbranched alkanes of at least 4 members (excludes halogenated alkanes) is 1. The van der Waals surface area contributed by atoms with E-state index < -0.39 is 5.97 Å². The van der Waals surface area contributed by atoms with Crippen LogP contribution in [-0.2, 0) is 17.6 Å². The number of ketones is 1. The van der Waals surface area contributed by atoms with Crippen molar-refractivity contribution in [3.05, 3.63) is 86.0 Å². The van der Waals surface area contributed by atoms with E-state index in [4.69, 9.17) is 9.15 Å². The summed E-state index contributed by atoms with van der Waals surface area (Å²) in [5.41, 5.74) is 1.78. The first kappa shape index (κ1) is 25.0. The molecule has 0 spiro atoms. The van der Waals surface area contributed by atoms with E-state index in [1.165, 1.54) is 24.3 Å². The Morgan fingerprint density at radius 3 is 2.34 bits per heavy atom. The van der Waals surface area contributed by atoms with Gasteiger partial charge < -0.3 is 19.4 Å². The van der Waals surface area contributed by atoms with Crippen molar-refractivity contribution in [1.82, 2.24) is 0 Å². The van der Waals surface area contributed by atoms with E-state index in [0.29, 0.717) is 43.2 Å². The summed E-state index contributed by atoms with van der Waals surface area (Å²) >= 11 is 6.52. The Labute approximate surface area is 218 Å². The van der Waals surface area contributed by atoms with Crippen LogP contribution in [0.1, 0.15) is 47.0 Å². The summed E-state index contributed by atoms with van der Waals surface area (Å²) in [4.78, 5) is 26.0. The van der Waals surface area contributed by atoms with Gasteiger partial charge in [0.25, 0.3) is 0 Å². The maximum Gasteiger partial charge on any atom is 0.315 e. The van der Waals surface area contributed by atoms with Crippen LogP contribution in [0.15, 0.2) is 68.0 Å². The number of halogens is 2. The first-order valence-corrected chi connectivity index (χ1v) is 12.6. The van der Waals surface area contributed by atoms with Gasteiger partial charge in [0.2, 0.25) is 0 Å². The zero-order valence-electron chi connectivity index (χ0n) is 18.8. The molecule has 8 heteroatoms. The largest absolute Gasteiger partial charge is 0.506 e. The summed E-state index contributed by atoms with van der Waals surface area (Å²) in [6, 6.07) is 15.0. The van der Waals surface area contributed by atoms with Crippen molar-refractivity contribution in [1.29, 1.82) is 0 Å². The maximum absolute atomic E-state index is 13.5. The van der Waals surface area contributed by atoms with E-state index in [2.05, 4.69) is 31.9 Å². The van der Waals surface area contributed by atoms with Crippen molar-refractivity contribution >= 4 is 54.6 Å². The molecule has 35 heavy (non-hydrogen) atoms. The third kappa shape index (κ3) is 5.44. The molecule has 0 aliphatic carbocycles. The molecule has 0 bridgehead atoms. The van der Waals surface area contributed by atoms with Crippen LogP contribution < -0.4 is 4.74 Å². The van der Waals surface area contributed by atoms with Crippen LogP contribution in [-0.4, -0.2) is 22.0 Å². The standard InChI is InChI=1S/C27H22Br2O6/c1-2-3-9-21-25(26(32)16-11-18(28)27(33)19(29)12-16)17-13-20(30)23(14-22(17)34-21)35-24(31)10-15-7-5-4-6-8-15/h4-8,11-14,30,33H,2-3,9-10H2,1H3. The Kier molecular flexibility index (Phi) is 7.62. The highest BCUT2D eigenvalue weighted by molar-refractivity contribution is 9.11. The third-order valence-electron chi connectivity index (χ3n) is 5.52. The second-order valence-electron chi connectivity index (χ2n) is 8.07. The molecule has 180 valence electrons. The van der Waals surface area contributed by atoms with Gasteiger partial charge in [-0.05, 0) is 62.0 Å². The zero-order chi connectivity index (χ0) is 25.1. The van der Waals surface area contributed by atoms with Gasteiger partial charge in [0, 0.05) is 23.4 Å². The molecule has 0 unspecified atom stereocenters. The first-order chi connectivity index (χ1) is 16.8. The van der Waals surface area contributed by atoms with Crippen LogP contribution in [0.2, 0.25) is 0 Å². The number of aromatic hydroxyl groups is 2. The number of hydrogen-bond donors (Lipinski definition) is 2. The van der Waals surface area contributed by atoms with E-state index in [1.807, 2.05) is 37.3 Å². The lowest BCUT2D eigenvalue weighted by Crippen LogP contribution is -2.11. The maximum atomic E-state index is 13.5. The summed E-state index contributed by atoms with van der Waals surface area (Å²) in [5, 5.41) is 21.1. The van der Waals surface area contributed by atoms with E-state index in [-0.39, 0.29) is 29.5 Å². The topological polar surface area (TPSA) is 97.0 Å². The molecule has 0 saturated carbocycles. The number of ether oxygens (including phenoxy) is 1. The van der Waals surface area contributed by atoms with Gasteiger partial charge in [0.05, 0.1) is 20.9 Å². The molecule has 4 aromatic rings. The molecule has 3 aromatic carbocycles. The summed E-state index contributed by atoms with van der Waals surface area (Å²) in [6.45, 7) is 2.04. The Hall–Kier alpha value is -3.10. The minimum atomic E-state index is -0.529. The van der Waals surface area contributed by atoms with Gasteiger partial charge in [0.1, 0.15) is 17.1 Å². The quantitative estimate of drug-likeness (QED) is 0.127. The Balaban J connectivity index is 1.72. The first-order valence-electron chi connectivity index (χ1n) is 11.0. The van der Waals surface area contributed by atoms with Crippen molar-refractivity contribution in [3.63, 3.8) is 0 Å². The van der Waals surface area contributed by atoms with Gasteiger partial charge in [0.15, 0.2) is 17.3 Å². The fourth-order valence-electron chi connectivity index (χ4n) is 3.77. The van der Waals surface area contributed by atoms with E-state index in [1.54, 1.807) is 0 Å². The fourth-order valence-corrected chi connectivity index (χ4v) is 4.96. The summed E-state index contributed by atoms with van der Waals surface area (Å²) in [6.07, 6.45) is 2.27. The Morgan fingerprint density at radius 1 is 1.00 bits per heavy atom. The highest BCUT2D eigenvalue weighted by Crippen LogP contribution is 2.39. The van der Waals surface area contributed by atoms with Gasteiger partial charge >= 0.3 is 5.97 Å². The van der Waals surface area contributed by atoms with Crippen molar-refractivity contribution in [2.24, 2.45) is 0 Å². The highest BCUT2D eigenvalue weighted by Gasteiger charge is 2.25. The van der Waals surface area contributed by atoms with Crippen LogP contribution in [0.5, 0.6) is 17.2 Å². The molecule has 0 saturated heterocycles. The van der Waals surface area contributed by atoms with Gasteiger partial charge in [-0.3, -0.25) is 9.59 Å². The summed E-state index contributed by atoms with van der Waals surface area (Å²) in [7, 11) is 0. The minimum Gasteiger partial charge on any atom is -0.506 e. The van der Waals surface area contributed by atoms with Crippen LogP contribution >= 0.6 is 31.9 Å². The molecular weight excluding hydrogens is 580 g/mol. The van der Waals surface area contributed by atoms with E-state index in [9.17, 15) is 19.8 Å². The molecule has 0 amide bonds. The summed E-state index contributed by atoms with van der Waals surface area (Å²) in [5.74, 6) is -0.681.